The van der Waals surface area contributed by atoms with Crippen LogP contribution in [0.5, 0.6) is 5.75 Å². The molecular weight excluding hydrogens is 364 g/mol. The van der Waals surface area contributed by atoms with Crippen LogP contribution in [-0.4, -0.2) is 26.2 Å². The van der Waals surface area contributed by atoms with Gasteiger partial charge in [-0.05, 0) is 35.4 Å². The van der Waals surface area contributed by atoms with Crippen molar-refractivity contribution in [2.24, 2.45) is 0 Å². The molecule has 0 amide bonds. The van der Waals surface area contributed by atoms with E-state index in [-0.39, 0.29) is 12.2 Å². The lowest BCUT2D eigenvalue weighted by Gasteiger charge is -2.11. The SMILES string of the molecule is O=C(O)Cc1ccc(-c2cc(Cl)cc(-c3cc4ccncc4[nH]3)c2O)cc1. The molecule has 4 aromatic rings. The van der Waals surface area contributed by atoms with Gasteiger partial charge in [-0.3, -0.25) is 9.78 Å². The lowest BCUT2D eigenvalue weighted by Crippen LogP contribution is -1.99. The summed E-state index contributed by atoms with van der Waals surface area (Å²) in [5.74, 6) is -0.783. The molecule has 2 heterocycles. The summed E-state index contributed by atoms with van der Waals surface area (Å²) in [6, 6.07) is 14.2. The molecule has 4 rings (SSSR count). The first-order chi connectivity index (χ1) is 13.0. The molecule has 0 saturated carbocycles. The number of aromatic hydroxyl groups is 1. The number of rotatable bonds is 4. The summed E-state index contributed by atoms with van der Waals surface area (Å²) in [6.07, 6.45) is 3.39. The lowest BCUT2D eigenvalue weighted by atomic mass is 9.98. The number of halogens is 1. The smallest absolute Gasteiger partial charge is 0.307 e. The molecular formula is C21H15ClN2O3. The second-order valence-electron chi connectivity index (χ2n) is 6.26. The molecule has 2 aromatic carbocycles. The number of nitrogens with one attached hydrogen (secondary N) is 1. The van der Waals surface area contributed by atoms with Crippen LogP contribution in [-0.2, 0) is 11.2 Å². The number of nitrogens with zero attached hydrogens (tertiary/aromatic N) is 1. The summed E-state index contributed by atoms with van der Waals surface area (Å²) >= 11 is 6.31. The number of carbonyl (C=O) groups is 1. The fourth-order valence-corrected chi connectivity index (χ4v) is 3.34. The molecule has 0 aliphatic rings. The quantitative estimate of drug-likeness (QED) is 0.472. The van der Waals surface area contributed by atoms with Gasteiger partial charge in [0, 0.05) is 27.7 Å². The number of benzene rings is 2. The van der Waals surface area contributed by atoms with Crippen LogP contribution in [0.25, 0.3) is 33.3 Å². The maximum Gasteiger partial charge on any atom is 0.307 e. The van der Waals surface area contributed by atoms with Gasteiger partial charge in [0.05, 0.1) is 23.8 Å². The Balaban J connectivity index is 1.80. The molecule has 0 saturated heterocycles. The Hall–Kier alpha value is -3.31. The third-order valence-electron chi connectivity index (χ3n) is 4.41. The van der Waals surface area contributed by atoms with Gasteiger partial charge in [0.1, 0.15) is 5.75 Å². The van der Waals surface area contributed by atoms with Crippen LogP contribution < -0.4 is 0 Å². The van der Waals surface area contributed by atoms with E-state index < -0.39 is 5.97 Å². The molecule has 3 N–H and O–H groups in total. The number of fused-ring (bicyclic) bond motifs is 1. The maximum absolute atomic E-state index is 10.9. The first kappa shape index (κ1) is 17.1. The summed E-state index contributed by atoms with van der Waals surface area (Å²) in [7, 11) is 0. The van der Waals surface area contributed by atoms with Crippen molar-refractivity contribution in [1.29, 1.82) is 0 Å². The van der Waals surface area contributed by atoms with E-state index >= 15 is 0 Å². The molecule has 0 unspecified atom stereocenters. The van der Waals surface area contributed by atoms with Crippen molar-refractivity contribution in [1.82, 2.24) is 9.97 Å². The van der Waals surface area contributed by atoms with Crippen LogP contribution in [0.4, 0.5) is 0 Å². The van der Waals surface area contributed by atoms with Crippen molar-refractivity contribution >= 4 is 28.5 Å². The fraction of sp³-hybridized carbons (Fsp3) is 0.0476. The summed E-state index contributed by atoms with van der Waals surface area (Å²) in [6.45, 7) is 0. The number of carboxylic acids is 1. The van der Waals surface area contributed by atoms with Crippen molar-refractivity contribution in [2.45, 2.75) is 6.42 Å². The summed E-state index contributed by atoms with van der Waals surface area (Å²) in [4.78, 5) is 18.2. The third-order valence-corrected chi connectivity index (χ3v) is 4.63. The van der Waals surface area contributed by atoms with Gasteiger partial charge in [-0.2, -0.15) is 0 Å². The molecule has 6 heteroatoms. The number of phenolic OH excluding ortho intramolecular Hbond substituents is 1. The topological polar surface area (TPSA) is 86.2 Å². The largest absolute Gasteiger partial charge is 0.507 e. The van der Waals surface area contributed by atoms with Crippen LogP contribution in [0, 0.1) is 0 Å². The minimum absolute atomic E-state index is 0.0455. The van der Waals surface area contributed by atoms with Gasteiger partial charge in [-0.15, -0.1) is 0 Å². The molecule has 27 heavy (non-hydrogen) atoms. The average Bonchev–Trinajstić information content (AvgIpc) is 3.07. The monoisotopic (exact) mass is 378 g/mol. The fourth-order valence-electron chi connectivity index (χ4n) is 3.12. The lowest BCUT2D eigenvalue weighted by molar-refractivity contribution is -0.136. The van der Waals surface area contributed by atoms with Crippen molar-refractivity contribution in [3.63, 3.8) is 0 Å². The van der Waals surface area contributed by atoms with Crippen molar-refractivity contribution in [2.75, 3.05) is 0 Å². The van der Waals surface area contributed by atoms with E-state index in [4.69, 9.17) is 16.7 Å². The van der Waals surface area contributed by atoms with Gasteiger partial charge in [0.25, 0.3) is 0 Å². The molecule has 0 aliphatic carbocycles. The van der Waals surface area contributed by atoms with Crippen LogP contribution in [0.3, 0.4) is 0 Å². The van der Waals surface area contributed by atoms with Crippen molar-refractivity contribution in [3.05, 3.63) is 71.5 Å². The Morgan fingerprint density at radius 1 is 1.07 bits per heavy atom. The van der Waals surface area contributed by atoms with Gasteiger partial charge in [0.15, 0.2) is 0 Å². The number of hydrogen-bond acceptors (Lipinski definition) is 3. The highest BCUT2D eigenvalue weighted by molar-refractivity contribution is 6.31. The molecule has 134 valence electrons. The third kappa shape index (κ3) is 3.37. The summed E-state index contributed by atoms with van der Waals surface area (Å²) in [5.41, 5.74) is 4.21. The number of pyridine rings is 1. The highest BCUT2D eigenvalue weighted by Gasteiger charge is 2.15. The molecule has 0 atom stereocenters. The standard InChI is InChI=1S/C21H15ClN2O3/c22-15-9-16(13-3-1-12(2-4-13)7-20(25)26)21(27)17(10-15)18-8-14-5-6-23-11-19(14)24-18/h1-6,8-11,24,27H,7H2,(H,25,26). The van der Waals surface area contributed by atoms with E-state index in [1.807, 2.05) is 12.1 Å². The molecule has 0 fully saturated rings. The average molecular weight is 379 g/mol. The summed E-state index contributed by atoms with van der Waals surface area (Å²) < 4.78 is 0. The molecule has 5 nitrogen and oxygen atoms in total. The second-order valence-corrected chi connectivity index (χ2v) is 6.70. The highest BCUT2D eigenvalue weighted by Crippen LogP contribution is 2.41. The van der Waals surface area contributed by atoms with E-state index in [0.717, 1.165) is 22.2 Å². The van der Waals surface area contributed by atoms with Gasteiger partial charge >= 0.3 is 5.97 Å². The highest BCUT2D eigenvalue weighted by atomic mass is 35.5. The Kier molecular flexibility index (Phi) is 4.30. The van der Waals surface area contributed by atoms with Crippen molar-refractivity contribution in [3.8, 4) is 28.1 Å². The van der Waals surface area contributed by atoms with E-state index in [0.29, 0.717) is 21.7 Å². The number of carboxylic acid groups (broad SMARTS) is 1. The first-order valence-corrected chi connectivity index (χ1v) is 8.66. The number of aliphatic carboxylic acids is 1. The predicted molar refractivity (Wildman–Crippen MR) is 105 cm³/mol. The van der Waals surface area contributed by atoms with Gasteiger partial charge < -0.3 is 15.2 Å². The Bertz CT molecular complexity index is 1120. The minimum atomic E-state index is -0.885. The van der Waals surface area contributed by atoms with Crippen LogP contribution in [0.15, 0.2) is 60.9 Å². The molecule has 0 spiro atoms. The van der Waals surface area contributed by atoms with E-state index in [1.165, 1.54) is 0 Å². The number of aromatic amines is 1. The maximum atomic E-state index is 10.9. The summed E-state index contributed by atoms with van der Waals surface area (Å²) in [5, 5.41) is 21.2. The van der Waals surface area contributed by atoms with E-state index in [2.05, 4.69) is 9.97 Å². The zero-order valence-corrected chi connectivity index (χ0v) is 14.9. The predicted octanol–water partition coefficient (Wildman–Crippen LogP) is 4.88. The number of phenols is 1. The molecule has 0 radical (unpaired) electrons. The molecule has 0 bridgehead atoms. The zero-order valence-electron chi connectivity index (χ0n) is 14.1. The van der Waals surface area contributed by atoms with Crippen LogP contribution >= 0.6 is 11.6 Å². The van der Waals surface area contributed by atoms with Crippen molar-refractivity contribution < 1.29 is 15.0 Å². The van der Waals surface area contributed by atoms with Gasteiger partial charge in [-0.1, -0.05) is 35.9 Å². The van der Waals surface area contributed by atoms with E-state index in [1.54, 1.807) is 48.8 Å². The normalized spacial score (nSPS) is 11.0. The first-order valence-electron chi connectivity index (χ1n) is 8.28. The van der Waals surface area contributed by atoms with Crippen LogP contribution in [0.1, 0.15) is 5.56 Å². The second kappa shape index (κ2) is 6.78. The number of hydrogen-bond donors (Lipinski definition) is 3. The number of aromatic nitrogens is 2. The minimum Gasteiger partial charge on any atom is -0.507 e. The molecule has 2 aromatic heterocycles. The van der Waals surface area contributed by atoms with E-state index in [9.17, 15) is 9.90 Å². The zero-order chi connectivity index (χ0) is 19.0. The number of H-pyrrole nitrogens is 1. The molecule has 0 aliphatic heterocycles. The Labute approximate surface area is 159 Å². The van der Waals surface area contributed by atoms with Gasteiger partial charge in [0.2, 0.25) is 0 Å². The Morgan fingerprint density at radius 2 is 1.81 bits per heavy atom. The van der Waals surface area contributed by atoms with Gasteiger partial charge in [-0.25, -0.2) is 0 Å². The Morgan fingerprint density at radius 3 is 2.52 bits per heavy atom. The van der Waals surface area contributed by atoms with Crippen LogP contribution in [0.2, 0.25) is 5.02 Å².